The van der Waals surface area contributed by atoms with E-state index in [1.807, 2.05) is 4.68 Å². The number of carboxylic acids is 1. The molecule has 0 bridgehead atoms. The smallest absolute Gasteiger partial charge is 0.321 e. The summed E-state index contributed by atoms with van der Waals surface area (Å²) in [6, 6.07) is -0.00952. The van der Waals surface area contributed by atoms with Gasteiger partial charge in [-0.1, -0.05) is 13.8 Å². The third kappa shape index (κ3) is 4.03. The minimum absolute atomic E-state index is 0.166. The number of carboxylic acid groups (broad SMARTS) is 1. The Morgan fingerprint density at radius 2 is 2.13 bits per heavy atom. The summed E-state index contributed by atoms with van der Waals surface area (Å²) in [4.78, 5) is 24.6. The van der Waals surface area contributed by atoms with Crippen LogP contribution >= 0.6 is 0 Å². The Hall–Kier alpha value is -2.05. The second kappa shape index (κ2) is 7.02. The first kappa shape index (κ1) is 17.3. The first-order valence-electron chi connectivity index (χ1n) is 8.17. The van der Waals surface area contributed by atoms with Gasteiger partial charge >= 0.3 is 12.0 Å². The van der Waals surface area contributed by atoms with Crippen LogP contribution in [0.2, 0.25) is 0 Å². The van der Waals surface area contributed by atoms with Gasteiger partial charge in [-0.15, -0.1) is 0 Å². The van der Waals surface area contributed by atoms with Crippen LogP contribution in [0.4, 0.5) is 10.5 Å². The maximum Gasteiger partial charge on any atom is 0.321 e. The van der Waals surface area contributed by atoms with Gasteiger partial charge in [0.15, 0.2) is 0 Å². The van der Waals surface area contributed by atoms with Crippen LogP contribution < -0.4 is 5.32 Å². The predicted molar refractivity (Wildman–Crippen MR) is 87.7 cm³/mol. The molecular formula is C16H26N4O3. The minimum atomic E-state index is -0.909. The molecule has 7 nitrogen and oxygen atoms in total. The van der Waals surface area contributed by atoms with Crippen LogP contribution in [-0.2, 0) is 4.79 Å². The van der Waals surface area contributed by atoms with Gasteiger partial charge in [0.05, 0.1) is 23.5 Å². The molecule has 2 unspecified atom stereocenters. The molecule has 1 aliphatic carbocycles. The molecular weight excluding hydrogens is 296 g/mol. The zero-order chi connectivity index (χ0) is 17.1. The molecule has 0 aliphatic heterocycles. The first-order valence-corrected chi connectivity index (χ1v) is 8.17. The molecule has 2 rings (SSSR count). The average Bonchev–Trinajstić information content (AvgIpc) is 3.27. The standard InChI is InChI=1S/C16H26N4O3/c1-5-11(3)20-14(12-6-7-12)13(8-17-20)18-16(23)19(4)9-10(2)15(21)22/h8,10-12H,5-7,9H2,1-4H3,(H,18,23)(H,21,22). The summed E-state index contributed by atoms with van der Waals surface area (Å²) < 4.78 is 2.01. The number of carbonyl (C=O) groups is 2. The van der Waals surface area contributed by atoms with E-state index in [9.17, 15) is 9.59 Å². The molecule has 1 aromatic rings. The molecule has 1 aromatic heterocycles. The maximum atomic E-state index is 12.3. The number of anilines is 1. The second-order valence-electron chi connectivity index (χ2n) is 6.47. The van der Waals surface area contributed by atoms with Gasteiger partial charge in [0, 0.05) is 25.6 Å². The van der Waals surface area contributed by atoms with Crippen molar-refractivity contribution in [2.24, 2.45) is 5.92 Å². The number of carbonyl (C=O) groups excluding carboxylic acids is 1. The highest BCUT2D eigenvalue weighted by molar-refractivity contribution is 5.90. The van der Waals surface area contributed by atoms with Gasteiger partial charge in [-0.25, -0.2) is 4.79 Å². The zero-order valence-corrected chi connectivity index (χ0v) is 14.2. The van der Waals surface area contributed by atoms with Crippen molar-refractivity contribution < 1.29 is 14.7 Å². The van der Waals surface area contributed by atoms with Crippen molar-refractivity contribution in [3.05, 3.63) is 11.9 Å². The van der Waals surface area contributed by atoms with Gasteiger partial charge in [0.2, 0.25) is 0 Å². The summed E-state index contributed by atoms with van der Waals surface area (Å²) >= 11 is 0. The van der Waals surface area contributed by atoms with Crippen LogP contribution in [0.3, 0.4) is 0 Å². The molecule has 2 amide bonds. The van der Waals surface area contributed by atoms with Crippen LogP contribution in [0.5, 0.6) is 0 Å². The topological polar surface area (TPSA) is 87.5 Å². The Balaban J connectivity index is 2.09. The minimum Gasteiger partial charge on any atom is -0.481 e. The molecule has 1 heterocycles. The first-order chi connectivity index (χ1) is 10.8. The van der Waals surface area contributed by atoms with Crippen LogP contribution in [0.15, 0.2) is 6.20 Å². The quantitative estimate of drug-likeness (QED) is 0.808. The molecule has 1 saturated carbocycles. The summed E-state index contributed by atoms with van der Waals surface area (Å²) in [6.07, 6.45) is 4.92. The van der Waals surface area contributed by atoms with Crippen LogP contribution in [0.1, 0.15) is 57.7 Å². The third-order valence-corrected chi connectivity index (χ3v) is 4.36. The molecule has 2 N–H and O–H groups in total. The van der Waals surface area contributed by atoms with E-state index in [1.54, 1.807) is 20.2 Å². The average molecular weight is 322 g/mol. The zero-order valence-electron chi connectivity index (χ0n) is 14.2. The van der Waals surface area contributed by atoms with Crippen molar-refractivity contribution in [2.75, 3.05) is 18.9 Å². The maximum absolute atomic E-state index is 12.3. The molecule has 0 spiro atoms. The number of hydrogen-bond acceptors (Lipinski definition) is 3. The van der Waals surface area contributed by atoms with Crippen molar-refractivity contribution in [1.82, 2.24) is 14.7 Å². The van der Waals surface area contributed by atoms with Gasteiger partial charge in [-0.3, -0.25) is 9.48 Å². The largest absolute Gasteiger partial charge is 0.481 e. The number of rotatable bonds is 7. The van der Waals surface area contributed by atoms with E-state index >= 15 is 0 Å². The molecule has 0 radical (unpaired) electrons. The van der Waals surface area contributed by atoms with Crippen LogP contribution in [0.25, 0.3) is 0 Å². The lowest BCUT2D eigenvalue weighted by molar-refractivity contribution is -0.141. The van der Waals surface area contributed by atoms with Crippen LogP contribution in [0, 0.1) is 5.92 Å². The highest BCUT2D eigenvalue weighted by Crippen LogP contribution is 2.44. The fraction of sp³-hybridized carbons (Fsp3) is 0.688. The molecule has 0 aromatic carbocycles. The van der Waals surface area contributed by atoms with E-state index in [0.717, 1.165) is 30.6 Å². The van der Waals surface area contributed by atoms with Crippen molar-refractivity contribution in [3.8, 4) is 0 Å². The fourth-order valence-corrected chi connectivity index (χ4v) is 2.54. The monoisotopic (exact) mass is 322 g/mol. The SMILES string of the molecule is CCC(C)n1ncc(NC(=O)N(C)CC(C)C(=O)O)c1C1CC1. The van der Waals surface area contributed by atoms with Crippen molar-refractivity contribution >= 4 is 17.7 Å². The molecule has 7 heteroatoms. The van der Waals surface area contributed by atoms with Crippen molar-refractivity contribution in [3.63, 3.8) is 0 Å². The Kier molecular flexibility index (Phi) is 5.28. The summed E-state index contributed by atoms with van der Waals surface area (Å²) in [5, 5.41) is 16.3. The summed E-state index contributed by atoms with van der Waals surface area (Å²) in [6.45, 7) is 5.98. The lowest BCUT2D eigenvalue weighted by atomic mass is 10.2. The fourth-order valence-electron chi connectivity index (χ4n) is 2.54. The van der Waals surface area contributed by atoms with Gasteiger partial charge in [-0.05, 0) is 26.2 Å². The Morgan fingerprint density at radius 3 is 2.65 bits per heavy atom. The summed E-state index contributed by atoms with van der Waals surface area (Å²) in [5.74, 6) is -1.05. The van der Waals surface area contributed by atoms with E-state index in [2.05, 4.69) is 24.3 Å². The lowest BCUT2D eigenvalue weighted by Gasteiger charge is -2.20. The molecule has 23 heavy (non-hydrogen) atoms. The Morgan fingerprint density at radius 1 is 1.48 bits per heavy atom. The molecule has 128 valence electrons. The van der Waals surface area contributed by atoms with E-state index in [-0.39, 0.29) is 12.6 Å². The van der Waals surface area contributed by atoms with E-state index in [0.29, 0.717) is 12.0 Å². The molecule has 2 atom stereocenters. The molecule has 1 aliphatic rings. The van der Waals surface area contributed by atoms with Gasteiger partial charge in [0.25, 0.3) is 0 Å². The Labute approximate surface area is 136 Å². The normalized spacial score (nSPS) is 16.7. The van der Waals surface area contributed by atoms with Crippen molar-refractivity contribution in [1.29, 1.82) is 0 Å². The van der Waals surface area contributed by atoms with Crippen LogP contribution in [-0.4, -0.2) is 45.4 Å². The number of aromatic nitrogens is 2. The van der Waals surface area contributed by atoms with Gasteiger partial charge in [0.1, 0.15) is 0 Å². The molecule has 0 saturated heterocycles. The number of aliphatic carboxylic acids is 1. The number of hydrogen-bond donors (Lipinski definition) is 2. The third-order valence-electron chi connectivity index (χ3n) is 4.36. The van der Waals surface area contributed by atoms with E-state index in [4.69, 9.17) is 5.11 Å². The highest BCUT2D eigenvalue weighted by atomic mass is 16.4. The lowest BCUT2D eigenvalue weighted by Crippen LogP contribution is -2.36. The number of nitrogens with zero attached hydrogens (tertiary/aromatic N) is 3. The van der Waals surface area contributed by atoms with E-state index in [1.165, 1.54) is 4.90 Å². The number of nitrogens with one attached hydrogen (secondary N) is 1. The highest BCUT2D eigenvalue weighted by Gasteiger charge is 2.32. The second-order valence-corrected chi connectivity index (χ2v) is 6.47. The Bertz CT molecular complexity index is 580. The van der Waals surface area contributed by atoms with Crippen molar-refractivity contribution in [2.45, 2.75) is 52.0 Å². The number of amides is 2. The van der Waals surface area contributed by atoms with Gasteiger partial charge < -0.3 is 15.3 Å². The number of urea groups is 1. The summed E-state index contributed by atoms with van der Waals surface area (Å²) in [5.41, 5.74) is 1.83. The van der Waals surface area contributed by atoms with E-state index < -0.39 is 11.9 Å². The predicted octanol–water partition coefficient (Wildman–Crippen LogP) is 2.92. The van der Waals surface area contributed by atoms with Gasteiger partial charge in [-0.2, -0.15) is 5.10 Å². The summed E-state index contributed by atoms with van der Waals surface area (Å²) in [7, 11) is 1.60. The molecule has 1 fully saturated rings.